The van der Waals surface area contributed by atoms with Crippen molar-refractivity contribution >= 4 is 5.96 Å². The molecular formula is C19H26N4O2. The van der Waals surface area contributed by atoms with Gasteiger partial charge in [0, 0.05) is 19.8 Å². The molecule has 0 fully saturated rings. The summed E-state index contributed by atoms with van der Waals surface area (Å²) in [5.74, 6) is 2.24. The Labute approximate surface area is 149 Å². The highest BCUT2D eigenvalue weighted by molar-refractivity contribution is 5.79. The maximum absolute atomic E-state index is 5.34. The molecule has 0 saturated carbocycles. The number of guanidine groups is 1. The van der Waals surface area contributed by atoms with Gasteiger partial charge in [-0.1, -0.05) is 12.1 Å². The predicted octanol–water partition coefficient (Wildman–Crippen LogP) is 2.31. The Morgan fingerprint density at radius 3 is 2.60 bits per heavy atom. The Morgan fingerprint density at radius 2 is 1.92 bits per heavy atom. The second-order valence-corrected chi connectivity index (χ2v) is 5.56. The highest BCUT2D eigenvalue weighted by Gasteiger charge is 2.05. The van der Waals surface area contributed by atoms with E-state index in [4.69, 9.17) is 9.47 Å². The third-order valence-electron chi connectivity index (χ3n) is 3.92. The molecule has 1 aromatic carbocycles. The average Bonchev–Trinajstić information content (AvgIpc) is 2.65. The van der Waals surface area contributed by atoms with Crippen LogP contribution in [0, 0.1) is 6.92 Å². The van der Waals surface area contributed by atoms with E-state index in [2.05, 4.69) is 33.6 Å². The summed E-state index contributed by atoms with van der Waals surface area (Å²) in [5.41, 5.74) is 3.35. The molecule has 2 aromatic rings. The zero-order chi connectivity index (χ0) is 18.1. The van der Waals surface area contributed by atoms with Crippen LogP contribution in [0.1, 0.15) is 16.8 Å². The fourth-order valence-electron chi connectivity index (χ4n) is 2.45. The Kier molecular flexibility index (Phi) is 7.07. The summed E-state index contributed by atoms with van der Waals surface area (Å²) in [5, 5.41) is 6.60. The van der Waals surface area contributed by atoms with Gasteiger partial charge in [-0.3, -0.25) is 9.98 Å². The van der Waals surface area contributed by atoms with Gasteiger partial charge in [-0.05, 0) is 42.7 Å². The molecule has 134 valence electrons. The van der Waals surface area contributed by atoms with Crippen molar-refractivity contribution in [1.29, 1.82) is 0 Å². The van der Waals surface area contributed by atoms with Crippen LogP contribution >= 0.6 is 0 Å². The molecular weight excluding hydrogens is 316 g/mol. The minimum absolute atomic E-state index is 0.642. The van der Waals surface area contributed by atoms with E-state index in [9.17, 15) is 0 Å². The van der Waals surface area contributed by atoms with Crippen molar-refractivity contribution in [3.63, 3.8) is 0 Å². The molecule has 0 amide bonds. The van der Waals surface area contributed by atoms with Crippen LogP contribution in [0.4, 0.5) is 0 Å². The van der Waals surface area contributed by atoms with Gasteiger partial charge in [0.05, 0.1) is 26.5 Å². The lowest BCUT2D eigenvalue weighted by Crippen LogP contribution is -2.38. The van der Waals surface area contributed by atoms with Gasteiger partial charge in [-0.25, -0.2) is 0 Å². The van der Waals surface area contributed by atoms with Gasteiger partial charge in [-0.15, -0.1) is 0 Å². The Hall–Kier alpha value is -2.76. The van der Waals surface area contributed by atoms with Crippen LogP contribution in [0.25, 0.3) is 0 Å². The molecule has 0 unspecified atom stereocenters. The lowest BCUT2D eigenvalue weighted by atomic mass is 10.1. The van der Waals surface area contributed by atoms with Crippen molar-refractivity contribution in [2.45, 2.75) is 19.9 Å². The number of nitrogens with zero attached hydrogens (tertiary/aromatic N) is 2. The summed E-state index contributed by atoms with van der Waals surface area (Å²) in [7, 11) is 5.04. The standard InChI is InChI=1S/C19H26N4O2/c1-14-6-5-10-21-16(14)13-23-19(20-2)22-11-9-15-7-8-17(24-3)18(12-15)25-4/h5-8,10,12H,9,11,13H2,1-4H3,(H2,20,22,23). The van der Waals surface area contributed by atoms with E-state index in [1.807, 2.05) is 24.3 Å². The molecule has 0 saturated heterocycles. The molecule has 0 aliphatic carbocycles. The molecule has 2 N–H and O–H groups in total. The van der Waals surface area contributed by atoms with Crippen molar-refractivity contribution in [3.05, 3.63) is 53.3 Å². The van der Waals surface area contributed by atoms with Gasteiger partial charge in [0.1, 0.15) is 0 Å². The van der Waals surface area contributed by atoms with Gasteiger partial charge in [-0.2, -0.15) is 0 Å². The van der Waals surface area contributed by atoms with Crippen molar-refractivity contribution in [2.75, 3.05) is 27.8 Å². The van der Waals surface area contributed by atoms with Gasteiger partial charge >= 0.3 is 0 Å². The summed E-state index contributed by atoms with van der Waals surface area (Å²) in [6, 6.07) is 9.95. The molecule has 0 atom stereocenters. The number of benzene rings is 1. The van der Waals surface area contributed by atoms with Crippen LogP contribution in [0.3, 0.4) is 0 Å². The maximum atomic E-state index is 5.34. The number of hydrogen-bond donors (Lipinski definition) is 2. The molecule has 1 aromatic heterocycles. The van der Waals surface area contributed by atoms with Gasteiger partial charge in [0.2, 0.25) is 0 Å². The molecule has 0 spiro atoms. The second-order valence-electron chi connectivity index (χ2n) is 5.56. The number of rotatable bonds is 7. The number of aliphatic imine (C=N–C) groups is 1. The Balaban J connectivity index is 1.84. The first-order valence-electron chi connectivity index (χ1n) is 8.23. The Bertz CT molecular complexity index is 716. The Morgan fingerprint density at radius 1 is 1.12 bits per heavy atom. The van der Waals surface area contributed by atoms with E-state index >= 15 is 0 Å². The SMILES string of the molecule is CN=C(NCCc1ccc(OC)c(OC)c1)NCc1ncccc1C. The van der Waals surface area contributed by atoms with E-state index < -0.39 is 0 Å². The van der Waals surface area contributed by atoms with Crippen LogP contribution in [0.2, 0.25) is 0 Å². The lowest BCUT2D eigenvalue weighted by Gasteiger charge is -2.13. The van der Waals surface area contributed by atoms with Crippen LogP contribution < -0.4 is 20.1 Å². The first kappa shape index (κ1) is 18.6. The van der Waals surface area contributed by atoms with Crippen LogP contribution in [0.5, 0.6) is 11.5 Å². The first-order chi connectivity index (χ1) is 12.2. The monoisotopic (exact) mass is 342 g/mol. The van der Waals surface area contributed by atoms with E-state index in [0.29, 0.717) is 6.54 Å². The van der Waals surface area contributed by atoms with Gasteiger partial charge in [0.15, 0.2) is 17.5 Å². The molecule has 0 bridgehead atoms. The minimum atomic E-state index is 0.642. The van der Waals surface area contributed by atoms with Crippen LogP contribution in [0.15, 0.2) is 41.5 Å². The van der Waals surface area contributed by atoms with Crippen LogP contribution in [-0.4, -0.2) is 38.8 Å². The van der Waals surface area contributed by atoms with Crippen molar-refractivity contribution < 1.29 is 9.47 Å². The van der Waals surface area contributed by atoms with Crippen molar-refractivity contribution in [3.8, 4) is 11.5 Å². The number of nitrogens with one attached hydrogen (secondary N) is 2. The number of methoxy groups -OCH3 is 2. The minimum Gasteiger partial charge on any atom is -0.493 e. The summed E-state index contributed by atoms with van der Waals surface area (Å²) in [6.45, 7) is 3.45. The first-order valence-corrected chi connectivity index (χ1v) is 8.23. The second kappa shape index (κ2) is 9.52. The number of aryl methyl sites for hydroxylation is 1. The van der Waals surface area contributed by atoms with Gasteiger partial charge < -0.3 is 20.1 Å². The van der Waals surface area contributed by atoms with E-state index in [0.717, 1.165) is 41.7 Å². The lowest BCUT2D eigenvalue weighted by molar-refractivity contribution is 0.354. The fourth-order valence-corrected chi connectivity index (χ4v) is 2.45. The number of ether oxygens (including phenoxy) is 2. The van der Waals surface area contributed by atoms with E-state index in [1.165, 1.54) is 5.56 Å². The summed E-state index contributed by atoms with van der Waals surface area (Å²) < 4.78 is 10.6. The average molecular weight is 342 g/mol. The fraction of sp³-hybridized carbons (Fsp3) is 0.368. The highest BCUT2D eigenvalue weighted by atomic mass is 16.5. The molecule has 0 aliphatic heterocycles. The summed E-state index contributed by atoms with van der Waals surface area (Å²) in [6.07, 6.45) is 2.65. The van der Waals surface area contributed by atoms with Crippen LogP contribution in [-0.2, 0) is 13.0 Å². The molecule has 6 heteroatoms. The molecule has 1 heterocycles. The number of hydrogen-bond acceptors (Lipinski definition) is 4. The summed E-state index contributed by atoms with van der Waals surface area (Å²) >= 11 is 0. The number of pyridine rings is 1. The maximum Gasteiger partial charge on any atom is 0.191 e. The molecule has 0 radical (unpaired) electrons. The van der Waals surface area contributed by atoms with Crippen molar-refractivity contribution in [2.24, 2.45) is 4.99 Å². The normalized spacial score (nSPS) is 11.1. The smallest absolute Gasteiger partial charge is 0.191 e. The molecule has 6 nitrogen and oxygen atoms in total. The molecule has 0 aliphatic rings. The predicted molar refractivity (Wildman–Crippen MR) is 100 cm³/mol. The topological polar surface area (TPSA) is 67.8 Å². The summed E-state index contributed by atoms with van der Waals surface area (Å²) in [4.78, 5) is 8.62. The van der Waals surface area contributed by atoms with E-state index in [1.54, 1.807) is 27.5 Å². The third-order valence-corrected chi connectivity index (χ3v) is 3.92. The van der Waals surface area contributed by atoms with E-state index in [-0.39, 0.29) is 0 Å². The number of aromatic nitrogens is 1. The third kappa shape index (κ3) is 5.38. The quantitative estimate of drug-likeness (QED) is 0.597. The van der Waals surface area contributed by atoms with Crippen molar-refractivity contribution in [1.82, 2.24) is 15.6 Å². The van der Waals surface area contributed by atoms with Gasteiger partial charge in [0.25, 0.3) is 0 Å². The highest BCUT2D eigenvalue weighted by Crippen LogP contribution is 2.27. The zero-order valence-corrected chi connectivity index (χ0v) is 15.3. The molecule has 2 rings (SSSR count). The zero-order valence-electron chi connectivity index (χ0n) is 15.3. The molecule has 25 heavy (non-hydrogen) atoms. The largest absolute Gasteiger partial charge is 0.493 e.